The lowest BCUT2D eigenvalue weighted by atomic mass is 10.0. The minimum Gasteiger partial charge on any atom is -0.368 e. The molecule has 2 aromatic rings. The zero-order valence-corrected chi connectivity index (χ0v) is 13.1. The molecule has 6 nitrogen and oxygen atoms in total. The van der Waals surface area contributed by atoms with E-state index in [1.807, 2.05) is 30.3 Å². The van der Waals surface area contributed by atoms with Crippen LogP contribution in [0.1, 0.15) is 15.9 Å². The maximum Gasteiger partial charge on any atom is 0.251 e. The Balaban J connectivity index is 2.11. The molecule has 0 heterocycles. The monoisotopic (exact) mass is 325 g/mol. The zero-order chi connectivity index (χ0) is 17.4. The van der Waals surface area contributed by atoms with Crippen molar-refractivity contribution < 1.29 is 14.4 Å². The van der Waals surface area contributed by atoms with Crippen LogP contribution in [0.3, 0.4) is 0 Å². The van der Waals surface area contributed by atoms with E-state index in [1.54, 1.807) is 30.3 Å². The number of hydrogen-bond acceptors (Lipinski definition) is 3. The molecule has 0 aliphatic carbocycles. The van der Waals surface area contributed by atoms with Crippen molar-refractivity contribution in [3.8, 4) is 0 Å². The first-order valence-electron chi connectivity index (χ1n) is 7.52. The van der Waals surface area contributed by atoms with E-state index in [4.69, 9.17) is 5.73 Å². The summed E-state index contributed by atoms with van der Waals surface area (Å²) >= 11 is 0. The maximum atomic E-state index is 12.3. The maximum absolute atomic E-state index is 12.3. The summed E-state index contributed by atoms with van der Waals surface area (Å²) in [6.45, 7) is -0.272. The van der Waals surface area contributed by atoms with Crippen molar-refractivity contribution in [1.82, 2.24) is 10.6 Å². The molecule has 0 spiro atoms. The second-order valence-corrected chi connectivity index (χ2v) is 5.27. The molecule has 1 atom stereocenters. The van der Waals surface area contributed by atoms with Crippen molar-refractivity contribution in [3.05, 3.63) is 71.8 Å². The summed E-state index contributed by atoms with van der Waals surface area (Å²) in [5.74, 6) is -1.45. The Bertz CT molecular complexity index is 702. The number of amides is 3. The molecule has 0 aliphatic heterocycles. The smallest absolute Gasteiger partial charge is 0.251 e. The Morgan fingerprint density at radius 1 is 0.917 bits per heavy atom. The largest absolute Gasteiger partial charge is 0.368 e. The highest BCUT2D eigenvalue weighted by Crippen LogP contribution is 2.05. The van der Waals surface area contributed by atoms with E-state index in [2.05, 4.69) is 10.6 Å². The molecule has 0 aliphatic rings. The molecule has 2 rings (SSSR count). The number of benzene rings is 2. The quantitative estimate of drug-likeness (QED) is 0.696. The molecule has 2 aromatic carbocycles. The summed E-state index contributed by atoms with van der Waals surface area (Å²) in [5.41, 5.74) is 6.40. The van der Waals surface area contributed by atoms with Gasteiger partial charge in [0.05, 0.1) is 6.54 Å². The Kier molecular flexibility index (Phi) is 6.08. The van der Waals surface area contributed by atoms with Crippen LogP contribution in [0.25, 0.3) is 0 Å². The van der Waals surface area contributed by atoms with Gasteiger partial charge in [0.15, 0.2) is 0 Å². The van der Waals surface area contributed by atoms with E-state index in [-0.39, 0.29) is 12.5 Å². The molecule has 124 valence electrons. The predicted octanol–water partition coefficient (Wildman–Crippen LogP) is 0.629. The van der Waals surface area contributed by atoms with Gasteiger partial charge in [-0.2, -0.15) is 0 Å². The molecule has 0 bridgehead atoms. The molecule has 0 radical (unpaired) electrons. The lowest BCUT2D eigenvalue weighted by Crippen LogP contribution is -2.49. The average molecular weight is 325 g/mol. The van der Waals surface area contributed by atoms with Crippen molar-refractivity contribution in [2.75, 3.05) is 6.54 Å². The molecule has 0 aromatic heterocycles. The topological polar surface area (TPSA) is 101 Å². The van der Waals surface area contributed by atoms with Crippen LogP contribution in [0.5, 0.6) is 0 Å². The van der Waals surface area contributed by atoms with Crippen molar-refractivity contribution in [3.63, 3.8) is 0 Å². The number of carbonyl (C=O) groups is 3. The number of nitrogens with two attached hydrogens (primary N) is 1. The number of rotatable bonds is 7. The molecule has 0 saturated carbocycles. The van der Waals surface area contributed by atoms with Crippen LogP contribution in [0.15, 0.2) is 60.7 Å². The van der Waals surface area contributed by atoms with Gasteiger partial charge < -0.3 is 16.4 Å². The molecule has 24 heavy (non-hydrogen) atoms. The highest BCUT2D eigenvalue weighted by molar-refractivity contribution is 5.98. The standard InChI is InChI=1S/C18H19N3O3/c19-16(22)12-20-18(24)15(11-13-7-3-1-4-8-13)21-17(23)14-9-5-2-6-10-14/h1-10,15H,11-12H2,(H2,19,22)(H,20,24)(H,21,23)/t15-/m0/s1. The van der Waals surface area contributed by atoms with E-state index in [0.717, 1.165) is 5.56 Å². The third kappa shape index (κ3) is 5.24. The lowest BCUT2D eigenvalue weighted by molar-refractivity contribution is -0.126. The van der Waals surface area contributed by atoms with Gasteiger partial charge >= 0.3 is 0 Å². The molecular weight excluding hydrogens is 306 g/mol. The molecule has 6 heteroatoms. The molecule has 3 amide bonds. The van der Waals surface area contributed by atoms with Crippen molar-refractivity contribution >= 4 is 17.7 Å². The van der Waals surface area contributed by atoms with Crippen molar-refractivity contribution in [2.45, 2.75) is 12.5 Å². The highest BCUT2D eigenvalue weighted by atomic mass is 16.2. The van der Waals surface area contributed by atoms with Gasteiger partial charge in [-0.3, -0.25) is 14.4 Å². The van der Waals surface area contributed by atoms with Crippen molar-refractivity contribution in [2.24, 2.45) is 5.73 Å². The fraction of sp³-hybridized carbons (Fsp3) is 0.167. The first kappa shape index (κ1) is 17.2. The first-order valence-corrected chi connectivity index (χ1v) is 7.52. The van der Waals surface area contributed by atoms with E-state index >= 15 is 0 Å². The second-order valence-electron chi connectivity index (χ2n) is 5.27. The normalized spacial score (nSPS) is 11.3. The summed E-state index contributed by atoms with van der Waals surface area (Å²) in [6.07, 6.45) is 0.310. The van der Waals surface area contributed by atoms with Gasteiger partial charge in [-0.05, 0) is 17.7 Å². The minimum absolute atomic E-state index is 0.272. The molecule has 0 saturated heterocycles. The van der Waals surface area contributed by atoms with Gasteiger partial charge in [0.25, 0.3) is 5.91 Å². The van der Waals surface area contributed by atoms with Crippen LogP contribution in [-0.2, 0) is 16.0 Å². The Morgan fingerprint density at radius 3 is 2.08 bits per heavy atom. The van der Waals surface area contributed by atoms with Crippen LogP contribution in [0.4, 0.5) is 0 Å². The molecule has 0 fully saturated rings. The summed E-state index contributed by atoms with van der Waals surface area (Å²) in [4.78, 5) is 35.4. The van der Waals surface area contributed by atoms with E-state index in [1.165, 1.54) is 0 Å². The molecule has 0 unspecified atom stereocenters. The SMILES string of the molecule is NC(=O)CNC(=O)[C@H](Cc1ccccc1)NC(=O)c1ccccc1. The van der Waals surface area contributed by atoms with E-state index in [9.17, 15) is 14.4 Å². The van der Waals surface area contributed by atoms with Crippen LogP contribution < -0.4 is 16.4 Å². The highest BCUT2D eigenvalue weighted by Gasteiger charge is 2.22. The number of carbonyl (C=O) groups excluding carboxylic acids is 3. The Hall–Kier alpha value is -3.15. The van der Waals surface area contributed by atoms with E-state index in [0.29, 0.717) is 12.0 Å². The minimum atomic E-state index is -0.806. The average Bonchev–Trinajstić information content (AvgIpc) is 2.60. The van der Waals surface area contributed by atoms with Gasteiger partial charge in [-0.1, -0.05) is 48.5 Å². The Labute approximate surface area is 140 Å². The van der Waals surface area contributed by atoms with Gasteiger partial charge in [-0.25, -0.2) is 0 Å². The van der Waals surface area contributed by atoms with Gasteiger partial charge in [-0.15, -0.1) is 0 Å². The first-order chi connectivity index (χ1) is 11.6. The molecule has 4 N–H and O–H groups in total. The van der Waals surface area contributed by atoms with Crippen LogP contribution in [-0.4, -0.2) is 30.3 Å². The lowest BCUT2D eigenvalue weighted by Gasteiger charge is -2.18. The fourth-order valence-electron chi connectivity index (χ4n) is 2.19. The summed E-state index contributed by atoms with van der Waals surface area (Å²) < 4.78 is 0. The van der Waals surface area contributed by atoms with Gasteiger partial charge in [0, 0.05) is 12.0 Å². The van der Waals surface area contributed by atoms with Crippen molar-refractivity contribution in [1.29, 1.82) is 0 Å². The number of primary amides is 1. The van der Waals surface area contributed by atoms with Gasteiger partial charge in [0.2, 0.25) is 11.8 Å². The van der Waals surface area contributed by atoms with E-state index < -0.39 is 17.9 Å². The molecular formula is C18H19N3O3. The fourth-order valence-corrected chi connectivity index (χ4v) is 2.19. The summed E-state index contributed by atoms with van der Waals surface area (Å²) in [5, 5.41) is 5.13. The zero-order valence-electron chi connectivity index (χ0n) is 13.1. The van der Waals surface area contributed by atoms with Crippen LogP contribution in [0, 0.1) is 0 Å². The summed E-state index contributed by atoms with van der Waals surface area (Å²) in [6, 6.07) is 17.1. The third-order valence-electron chi connectivity index (χ3n) is 3.38. The number of hydrogen-bond donors (Lipinski definition) is 3. The third-order valence-corrected chi connectivity index (χ3v) is 3.38. The van der Waals surface area contributed by atoms with Gasteiger partial charge in [0.1, 0.15) is 6.04 Å². The Morgan fingerprint density at radius 2 is 1.50 bits per heavy atom. The summed E-state index contributed by atoms with van der Waals surface area (Å²) in [7, 11) is 0. The number of nitrogens with one attached hydrogen (secondary N) is 2. The van der Waals surface area contributed by atoms with Crippen LogP contribution >= 0.6 is 0 Å². The second kappa shape index (κ2) is 8.47. The van der Waals surface area contributed by atoms with Crippen LogP contribution in [0.2, 0.25) is 0 Å². The predicted molar refractivity (Wildman–Crippen MR) is 90.0 cm³/mol.